The van der Waals surface area contributed by atoms with Crippen molar-refractivity contribution in [1.82, 2.24) is 25.0 Å². The summed E-state index contributed by atoms with van der Waals surface area (Å²) in [6, 6.07) is 8.00. The summed E-state index contributed by atoms with van der Waals surface area (Å²) >= 11 is 0. The van der Waals surface area contributed by atoms with Gasteiger partial charge in [0.2, 0.25) is 0 Å². The number of unbranched alkanes of at least 4 members (excludes halogenated alkanes) is 2. The lowest BCUT2D eigenvalue weighted by Gasteiger charge is -2.18. The predicted octanol–water partition coefficient (Wildman–Crippen LogP) is 4.50. The molecule has 0 aliphatic rings. The molecule has 2 heterocycles. The number of nitrogens with one attached hydrogen (secondary N) is 1. The summed E-state index contributed by atoms with van der Waals surface area (Å²) in [7, 11) is 0. The monoisotopic (exact) mass is 422 g/mol. The lowest BCUT2D eigenvalue weighted by Crippen LogP contribution is -2.11. The van der Waals surface area contributed by atoms with E-state index in [1.54, 1.807) is 6.20 Å². The van der Waals surface area contributed by atoms with Gasteiger partial charge < -0.3 is 10.7 Å². The van der Waals surface area contributed by atoms with Crippen LogP contribution in [0.5, 0.6) is 0 Å². The van der Waals surface area contributed by atoms with Crippen molar-refractivity contribution in [1.29, 1.82) is 0 Å². The maximum Gasteiger partial charge on any atom is 0.197 e. The number of hydrogen-bond acceptors (Lipinski definition) is 5. The number of imidazole rings is 1. The second kappa shape index (κ2) is 10.4. The lowest BCUT2D eigenvalue weighted by atomic mass is 9.86. The van der Waals surface area contributed by atoms with Crippen LogP contribution >= 0.6 is 0 Å². The molecule has 0 fully saturated rings. The van der Waals surface area contributed by atoms with Crippen molar-refractivity contribution in [2.75, 3.05) is 5.73 Å². The SMILES string of the molecule is CC(C)(C)c1ccc(C(=O)CCCn2cc(CCCCCc3cnc(N)[nH]3)nn2)cc1. The number of nitrogen functional groups attached to an aromatic ring is 1. The average molecular weight is 423 g/mol. The van der Waals surface area contributed by atoms with Gasteiger partial charge in [0.25, 0.3) is 0 Å². The van der Waals surface area contributed by atoms with Gasteiger partial charge in [-0.1, -0.05) is 56.7 Å². The van der Waals surface area contributed by atoms with Gasteiger partial charge in [-0.25, -0.2) is 4.98 Å². The first kappa shape index (κ1) is 22.7. The molecule has 0 saturated carbocycles. The zero-order valence-corrected chi connectivity index (χ0v) is 18.9. The molecule has 0 unspecified atom stereocenters. The van der Waals surface area contributed by atoms with Gasteiger partial charge in [0.1, 0.15) is 0 Å². The highest BCUT2D eigenvalue weighted by atomic mass is 16.1. The first-order chi connectivity index (χ1) is 14.8. The Labute approximate surface area is 184 Å². The number of hydrogen-bond donors (Lipinski definition) is 2. The van der Waals surface area contributed by atoms with Gasteiger partial charge >= 0.3 is 0 Å². The molecule has 166 valence electrons. The zero-order valence-electron chi connectivity index (χ0n) is 18.9. The Balaban J connectivity index is 1.33. The fourth-order valence-electron chi connectivity index (χ4n) is 3.57. The van der Waals surface area contributed by atoms with E-state index in [0.29, 0.717) is 18.9 Å². The van der Waals surface area contributed by atoms with E-state index in [9.17, 15) is 4.79 Å². The fourth-order valence-corrected chi connectivity index (χ4v) is 3.57. The standard InChI is InChI=1S/C24H34N6O/c1-24(2,3)19-13-11-18(12-14-19)22(31)10-7-15-30-17-21(28-29-30)9-6-4-5-8-20-16-26-23(25)27-20/h11-14,16-17H,4-10,15H2,1-3H3,(H3,25,26,27). The van der Waals surface area contributed by atoms with E-state index in [2.05, 4.69) is 53.2 Å². The third-order valence-electron chi connectivity index (χ3n) is 5.48. The summed E-state index contributed by atoms with van der Waals surface area (Å²) in [6.45, 7) is 7.23. The summed E-state index contributed by atoms with van der Waals surface area (Å²) in [5.74, 6) is 0.659. The number of aromatic nitrogens is 5. The minimum atomic E-state index is 0.0978. The smallest absolute Gasteiger partial charge is 0.197 e. The topological polar surface area (TPSA) is 102 Å². The van der Waals surface area contributed by atoms with Crippen molar-refractivity contribution in [3.63, 3.8) is 0 Å². The number of nitrogens with two attached hydrogens (primary N) is 1. The number of aromatic amines is 1. The minimum absolute atomic E-state index is 0.0978. The summed E-state index contributed by atoms with van der Waals surface area (Å²) < 4.78 is 1.85. The first-order valence-electron chi connectivity index (χ1n) is 11.1. The minimum Gasteiger partial charge on any atom is -0.369 e. The van der Waals surface area contributed by atoms with E-state index < -0.39 is 0 Å². The second-order valence-corrected chi connectivity index (χ2v) is 9.18. The van der Waals surface area contributed by atoms with Gasteiger partial charge in [-0.05, 0) is 43.1 Å². The number of benzene rings is 1. The van der Waals surface area contributed by atoms with E-state index in [1.807, 2.05) is 23.0 Å². The number of rotatable bonds is 11. The van der Waals surface area contributed by atoms with E-state index in [0.717, 1.165) is 55.5 Å². The van der Waals surface area contributed by atoms with Crippen LogP contribution in [0.25, 0.3) is 0 Å². The van der Waals surface area contributed by atoms with Gasteiger partial charge in [-0.3, -0.25) is 9.48 Å². The number of carbonyl (C=O) groups excluding carboxylic acids is 1. The van der Waals surface area contributed by atoms with Crippen LogP contribution in [0.2, 0.25) is 0 Å². The molecular formula is C24H34N6O. The van der Waals surface area contributed by atoms with Crippen LogP contribution in [0.1, 0.15) is 80.2 Å². The molecule has 0 radical (unpaired) electrons. The Hall–Kier alpha value is -2.96. The van der Waals surface area contributed by atoms with Crippen LogP contribution in [-0.2, 0) is 24.8 Å². The van der Waals surface area contributed by atoms with Crippen LogP contribution in [0.4, 0.5) is 5.95 Å². The van der Waals surface area contributed by atoms with Crippen LogP contribution in [-0.4, -0.2) is 30.7 Å². The molecule has 7 heteroatoms. The van der Waals surface area contributed by atoms with E-state index in [-0.39, 0.29) is 11.2 Å². The summed E-state index contributed by atoms with van der Waals surface area (Å²) in [5.41, 5.74) is 9.80. The van der Waals surface area contributed by atoms with Crippen molar-refractivity contribution >= 4 is 11.7 Å². The van der Waals surface area contributed by atoms with Gasteiger partial charge in [-0.2, -0.15) is 0 Å². The molecule has 0 aliphatic heterocycles. The number of nitrogens with zero attached hydrogens (tertiary/aromatic N) is 4. The molecule has 7 nitrogen and oxygen atoms in total. The Morgan fingerprint density at radius 1 is 1.06 bits per heavy atom. The Morgan fingerprint density at radius 2 is 1.81 bits per heavy atom. The van der Waals surface area contributed by atoms with Crippen LogP contribution in [0.15, 0.2) is 36.7 Å². The Kier molecular flexibility index (Phi) is 7.60. The molecule has 0 bridgehead atoms. The molecule has 3 N–H and O–H groups in total. The van der Waals surface area contributed by atoms with E-state index in [1.165, 1.54) is 5.56 Å². The highest BCUT2D eigenvalue weighted by molar-refractivity contribution is 5.96. The molecule has 1 aromatic carbocycles. The lowest BCUT2D eigenvalue weighted by molar-refractivity contribution is 0.0978. The first-order valence-corrected chi connectivity index (χ1v) is 11.1. The van der Waals surface area contributed by atoms with Gasteiger partial charge in [0, 0.05) is 30.4 Å². The van der Waals surface area contributed by atoms with Gasteiger partial charge in [-0.15, -0.1) is 5.10 Å². The second-order valence-electron chi connectivity index (χ2n) is 9.18. The molecule has 0 atom stereocenters. The molecule has 3 rings (SSSR count). The largest absolute Gasteiger partial charge is 0.369 e. The van der Waals surface area contributed by atoms with Crippen LogP contribution in [0, 0.1) is 0 Å². The van der Waals surface area contributed by atoms with E-state index in [4.69, 9.17) is 5.73 Å². The highest BCUT2D eigenvalue weighted by Gasteiger charge is 2.14. The predicted molar refractivity (Wildman–Crippen MR) is 123 cm³/mol. The van der Waals surface area contributed by atoms with Crippen LogP contribution in [0.3, 0.4) is 0 Å². The van der Waals surface area contributed by atoms with Gasteiger partial charge in [0.15, 0.2) is 11.7 Å². The maximum atomic E-state index is 12.4. The average Bonchev–Trinajstić information content (AvgIpc) is 3.36. The molecule has 0 amide bonds. The third-order valence-corrected chi connectivity index (χ3v) is 5.48. The summed E-state index contributed by atoms with van der Waals surface area (Å²) in [5, 5.41) is 8.46. The Bertz CT molecular complexity index is 965. The number of anilines is 1. The molecular weight excluding hydrogens is 388 g/mol. The molecule has 0 aliphatic carbocycles. The third kappa shape index (κ3) is 7.05. The number of H-pyrrole nitrogens is 1. The normalized spacial score (nSPS) is 11.7. The van der Waals surface area contributed by atoms with Crippen molar-refractivity contribution in [3.8, 4) is 0 Å². The summed E-state index contributed by atoms with van der Waals surface area (Å²) in [6.07, 6.45) is 10.2. The number of carbonyl (C=O) groups is 1. The molecule has 3 aromatic rings. The number of ketones is 1. The van der Waals surface area contributed by atoms with Crippen molar-refractivity contribution in [3.05, 3.63) is 59.2 Å². The number of aryl methyl sites for hydroxylation is 3. The molecule has 2 aromatic heterocycles. The number of Topliss-reactive ketones (excluding diaryl/α,β-unsaturated/α-hetero) is 1. The summed E-state index contributed by atoms with van der Waals surface area (Å²) in [4.78, 5) is 19.5. The van der Waals surface area contributed by atoms with Crippen molar-refractivity contribution in [2.24, 2.45) is 0 Å². The fraction of sp³-hybridized carbons (Fsp3) is 0.500. The molecule has 0 spiro atoms. The molecule has 0 saturated heterocycles. The van der Waals surface area contributed by atoms with Crippen molar-refractivity contribution in [2.45, 2.75) is 77.7 Å². The van der Waals surface area contributed by atoms with Crippen LogP contribution < -0.4 is 5.73 Å². The highest BCUT2D eigenvalue weighted by Crippen LogP contribution is 2.22. The van der Waals surface area contributed by atoms with Crippen molar-refractivity contribution < 1.29 is 4.79 Å². The maximum absolute atomic E-state index is 12.4. The van der Waals surface area contributed by atoms with E-state index >= 15 is 0 Å². The van der Waals surface area contributed by atoms with Gasteiger partial charge in [0.05, 0.1) is 11.9 Å². The molecule has 31 heavy (non-hydrogen) atoms. The zero-order chi connectivity index (χ0) is 22.3. The quantitative estimate of drug-likeness (QED) is 0.350. The Morgan fingerprint density at radius 3 is 2.48 bits per heavy atom.